The zero-order valence-electron chi connectivity index (χ0n) is 14.8. The van der Waals surface area contributed by atoms with Crippen molar-refractivity contribution in [3.8, 4) is 0 Å². The number of hydrogen-bond acceptors (Lipinski definition) is 4. The van der Waals surface area contributed by atoms with Crippen molar-refractivity contribution < 1.29 is 4.79 Å². The molecule has 1 aliphatic rings. The largest absolute Gasteiger partial charge is 0.340 e. The Balaban J connectivity index is 1.54. The second kappa shape index (κ2) is 7.17. The van der Waals surface area contributed by atoms with Crippen molar-refractivity contribution in [1.82, 2.24) is 29.4 Å². The van der Waals surface area contributed by atoms with E-state index in [0.29, 0.717) is 6.54 Å². The van der Waals surface area contributed by atoms with E-state index in [1.54, 1.807) is 4.68 Å². The molecule has 3 rings (SSSR count). The fraction of sp³-hybridized carbons (Fsp3) is 0.588. The molecule has 1 amide bonds. The average molecular weight is 330 g/mol. The number of aromatic nitrogens is 4. The first-order valence-electron chi connectivity index (χ1n) is 8.50. The molecule has 0 atom stereocenters. The fourth-order valence-corrected chi connectivity index (χ4v) is 3.25. The van der Waals surface area contributed by atoms with Crippen LogP contribution < -0.4 is 0 Å². The van der Waals surface area contributed by atoms with Gasteiger partial charge < -0.3 is 4.90 Å². The van der Waals surface area contributed by atoms with E-state index in [9.17, 15) is 4.79 Å². The highest BCUT2D eigenvalue weighted by atomic mass is 16.2. The van der Waals surface area contributed by atoms with Gasteiger partial charge in [-0.2, -0.15) is 10.2 Å². The number of rotatable bonds is 4. The monoisotopic (exact) mass is 330 g/mol. The van der Waals surface area contributed by atoms with Crippen LogP contribution in [0.1, 0.15) is 23.4 Å². The molecule has 0 unspecified atom stereocenters. The first-order valence-corrected chi connectivity index (χ1v) is 8.50. The van der Waals surface area contributed by atoms with Crippen molar-refractivity contribution >= 4 is 5.91 Å². The molecule has 1 saturated heterocycles. The van der Waals surface area contributed by atoms with E-state index >= 15 is 0 Å². The summed E-state index contributed by atoms with van der Waals surface area (Å²) in [6.45, 7) is 8.69. The summed E-state index contributed by atoms with van der Waals surface area (Å²) in [6.07, 6.45) is 4.97. The maximum Gasteiger partial charge on any atom is 0.244 e. The Hall–Kier alpha value is -2.15. The van der Waals surface area contributed by atoms with Gasteiger partial charge in [-0.3, -0.25) is 19.1 Å². The predicted octanol–water partition coefficient (Wildman–Crippen LogP) is 0.968. The molecule has 0 aliphatic carbocycles. The Morgan fingerprint density at radius 3 is 2.71 bits per heavy atom. The highest BCUT2D eigenvalue weighted by Gasteiger charge is 2.20. The van der Waals surface area contributed by atoms with Gasteiger partial charge in [0.2, 0.25) is 5.91 Å². The zero-order valence-corrected chi connectivity index (χ0v) is 14.8. The van der Waals surface area contributed by atoms with Crippen LogP contribution in [-0.2, 0) is 24.9 Å². The van der Waals surface area contributed by atoms with Crippen LogP contribution in [-0.4, -0.2) is 61.4 Å². The van der Waals surface area contributed by atoms with Crippen molar-refractivity contribution in [1.29, 1.82) is 0 Å². The number of aryl methyl sites for hydroxylation is 3. The number of carbonyl (C=O) groups is 1. The van der Waals surface area contributed by atoms with Crippen LogP contribution >= 0.6 is 0 Å². The summed E-state index contributed by atoms with van der Waals surface area (Å²) in [5, 5.41) is 8.61. The lowest BCUT2D eigenvalue weighted by Gasteiger charge is -2.22. The summed E-state index contributed by atoms with van der Waals surface area (Å²) in [7, 11) is 1.94. The van der Waals surface area contributed by atoms with E-state index in [1.165, 1.54) is 5.56 Å². The normalized spacial score (nSPS) is 16.4. The van der Waals surface area contributed by atoms with E-state index in [2.05, 4.69) is 21.3 Å². The van der Waals surface area contributed by atoms with Crippen LogP contribution in [0.15, 0.2) is 18.5 Å². The molecule has 1 fully saturated rings. The van der Waals surface area contributed by atoms with Gasteiger partial charge in [0.15, 0.2) is 0 Å². The van der Waals surface area contributed by atoms with Gasteiger partial charge in [-0.15, -0.1) is 0 Å². The van der Waals surface area contributed by atoms with Gasteiger partial charge in [-0.05, 0) is 26.3 Å². The molecule has 0 N–H and O–H groups in total. The minimum atomic E-state index is 0.157. The van der Waals surface area contributed by atoms with Crippen molar-refractivity contribution in [3.05, 3.63) is 35.4 Å². The first kappa shape index (κ1) is 16.7. The molecule has 0 spiro atoms. The van der Waals surface area contributed by atoms with Crippen molar-refractivity contribution in [2.24, 2.45) is 7.05 Å². The number of amides is 1. The third-order valence-corrected chi connectivity index (χ3v) is 4.49. The highest BCUT2D eigenvalue weighted by Crippen LogP contribution is 2.10. The van der Waals surface area contributed by atoms with Crippen LogP contribution in [0, 0.1) is 13.8 Å². The second-order valence-electron chi connectivity index (χ2n) is 6.62. The molecule has 0 aromatic carbocycles. The molecule has 2 aromatic rings. The van der Waals surface area contributed by atoms with Crippen molar-refractivity contribution in [2.75, 3.05) is 26.2 Å². The maximum atomic E-state index is 12.6. The van der Waals surface area contributed by atoms with Crippen molar-refractivity contribution in [2.45, 2.75) is 33.4 Å². The molecular formula is C17H26N6O. The average Bonchev–Trinajstić information content (AvgIpc) is 2.97. The summed E-state index contributed by atoms with van der Waals surface area (Å²) in [5.41, 5.74) is 3.22. The maximum absolute atomic E-state index is 12.6. The lowest BCUT2D eigenvalue weighted by atomic mass is 10.3. The lowest BCUT2D eigenvalue weighted by molar-refractivity contribution is -0.131. The van der Waals surface area contributed by atoms with Gasteiger partial charge in [-0.25, -0.2) is 0 Å². The predicted molar refractivity (Wildman–Crippen MR) is 91.4 cm³/mol. The summed E-state index contributed by atoms with van der Waals surface area (Å²) in [6, 6.07) is 2.01. The molecule has 7 nitrogen and oxygen atoms in total. The van der Waals surface area contributed by atoms with Gasteiger partial charge in [0.05, 0.1) is 11.9 Å². The first-order chi connectivity index (χ1) is 11.5. The minimum Gasteiger partial charge on any atom is -0.340 e. The quantitative estimate of drug-likeness (QED) is 0.838. The zero-order chi connectivity index (χ0) is 17.1. The molecule has 24 heavy (non-hydrogen) atoms. The molecule has 1 aliphatic heterocycles. The Bertz CT molecular complexity index is 704. The molecule has 3 heterocycles. The Labute approximate surface area is 142 Å². The Morgan fingerprint density at radius 1 is 1.21 bits per heavy atom. The summed E-state index contributed by atoms with van der Waals surface area (Å²) < 4.78 is 3.63. The number of nitrogens with zero attached hydrogens (tertiary/aromatic N) is 6. The van der Waals surface area contributed by atoms with E-state index in [-0.39, 0.29) is 5.91 Å². The Kier molecular flexibility index (Phi) is 4.99. The summed E-state index contributed by atoms with van der Waals surface area (Å²) in [5.74, 6) is 0.157. The van der Waals surface area contributed by atoms with Crippen molar-refractivity contribution in [3.63, 3.8) is 0 Å². The van der Waals surface area contributed by atoms with E-state index in [1.807, 2.05) is 42.7 Å². The minimum absolute atomic E-state index is 0.157. The highest BCUT2D eigenvalue weighted by molar-refractivity contribution is 5.76. The summed E-state index contributed by atoms with van der Waals surface area (Å²) >= 11 is 0. The second-order valence-corrected chi connectivity index (χ2v) is 6.62. The van der Waals surface area contributed by atoms with Crippen LogP contribution in [0.2, 0.25) is 0 Å². The smallest absolute Gasteiger partial charge is 0.244 e. The Morgan fingerprint density at radius 2 is 2.04 bits per heavy atom. The van der Waals surface area contributed by atoms with Gasteiger partial charge in [0.25, 0.3) is 0 Å². The van der Waals surface area contributed by atoms with Gasteiger partial charge in [0.1, 0.15) is 6.54 Å². The van der Waals surface area contributed by atoms with E-state index < -0.39 is 0 Å². The van der Waals surface area contributed by atoms with E-state index in [0.717, 1.165) is 50.5 Å². The SMILES string of the molecule is Cc1cc(C)n(CC(=O)N2CCCN(Cc3cnn(C)c3)CC2)n1. The van der Waals surface area contributed by atoms with Gasteiger partial charge in [0, 0.05) is 57.2 Å². The summed E-state index contributed by atoms with van der Waals surface area (Å²) in [4.78, 5) is 17.0. The van der Waals surface area contributed by atoms with Crippen LogP contribution in [0.3, 0.4) is 0 Å². The standard InChI is InChI=1S/C17H26N6O/c1-14-9-15(2)23(19-14)13-17(24)22-6-4-5-21(7-8-22)12-16-10-18-20(3)11-16/h9-11H,4-8,12-13H2,1-3H3. The molecule has 2 aromatic heterocycles. The third-order valence-electron chi connectivity index (χ3n) is 4.49. The van der Waals surface area contributed by atoms with Crippen LogP contribution in [0.5, 0.6) is 0 Å². The van der Waals surface area contributed by atoms with Gasteiger partial charge in [-0.1, -0.05) is 0 Å². The van der Waals surface area contributed by atoms with Gasteiger partial charge >= 0.3 is 0 Å². The lowest BCUT2D eigenvalue weighted by Crippen LogP contribution is -2.37. The number of hydrogen-bond donors (Lipinski definition) is 0. The van der Waals surface area contributed by atoms with E-state index in [4.69, 9.17) is 0 Å². The number of carbonyl (C=O) groups excluding carboxylic acids is 1. The molecule has 0 radical (unpaired) electrons. The van der Waals surface area contributed by atoms with Crippen LogP contribution in [0.4, 0.5) is 0 Å². The third kappa shape index (κ3) is 4.03. The molecule has 130 valence electrons. The topological polar surface area (TPSA) is 59.2 Å². The molecule has 0 bridgehead atoms. The van der Waals surface area contributed by atoms with Crippen LogP contribution in [0.25, 0.3) is 0 Å². The molecule has 7 heteroatoms. The molecular weight excluding hydrogens is 304 g/mol. The fourth-order valence-electron chi connectivity index (χ4n) is 3.25. The molecule has 0 saturated carbocycles.